The van der Waals surface area contributed by atoms with E-state index >= 15 is 0 Å². The molecule has 0 unspecified atom stereocenters. The minimum atomic E-state index is -1.21. The number of pyridine rings is 2. The molecule has 0 radical (unpaired) electrons. The smallest absolute Gasteiger partial charge is 0.545 e. The van der Waals surface area contributed by atoms with Crippen molar-refractivity contribution in [3.63, 3.8) is 0 Å². The number of aromatic carboxylic acids is 1. The molecule has 1 fully saturated rings. The number of nitrogens with one attached hydrogen (secondary N) is 1. The third kappa shape index (κ3) is 8.17. The number of amides is 1. The molecule has 0 atom stereocenters. The molecule has 1 amide bonds. The Morgan fingerprint density at radius 2 is 1.33 bits per heavy atom. The summed E-state index contributed by atoms with van der Waals surface area (Å²) < 4.78 is 9.01. The van der Waals surface area contributed by atoms with Crippen LogP contribution in [0.4, 0.5) is 0 Å². The maximum atomic E-state index is 12.5. The molecule has 9 nitrogen and oxygen atoms in total. The van der Waals surface area contributed by atoms with Crippen molar-refractivity contribution in [2.45, 2.75) is 12.8 Å². The topological polar surface area (TPSA) is 113 Å². The van der Waals surface area contributed by atoms with E-state index in [-0.39, 0.29) is 41.0 Å². The molecule has 1 N–H and O–H groups in total. The number of rotatable bonds is 6. The van der Waals surface area contributed by atoms with E-state index in [9.17, 15) is 14.7 Å². The Morgan fingerprint density at radius 1 is 0.804 bits per heavy atom. The fraction of sp³-hybridized carbons (Fsp3) is 0.176. The Kier molecular flexibility index (Phi) is 11.2. The molecule has 1 saturated heterocycles. The number of carbonyl (C=O) groups excluding carboxylic acids is 2. The van der Waals surface area contributed by atoms with Gasteiger partial charge in [-0.05, 0) is 67.3 Å². The van der Waals surface area contributed by atoms with Crippen LogP contribution in [-0.2, 0) is 4.74 Å². The van der Waals surface area contributed by atoms with E-state index in [4.69, 9.17) is 27.9 Å². The summed E-state index contributed by atoms with van der Waals surface area (Å²) in [5.74, 6) is -0.779. The first-order valence-electron chi connectivity index (χ1n) is 14.4. The quantitative estimate of drug-likeness (QED) is 0.274. The van der Waals surface area contributed by atoms with Crippen LogP contribution < -0.4 is 40.0 Å². The van der Waals surface area contributed by atoms with Crippen molar-refractivity contribution in [2.24, 2.45) is 5.92 Å². The van der Waals surface area contributed by atoms with Gasteiger partial charge in [-0.3, -0.25) is 4.79 Å². The second-order valence-corrected chi connectivity index (χ2v) is 11.6. The number of hydrogen-bond acceptors (Lipinski definition) is 6. The van der Waals surface area contributed by atoms with E-state index in [1.165, 1.54) is 12.1 Å². The van der Waals surface area contributed by atoms with E-state index in [1.807, 2.05) is 77.6 Å². The summed E-state index contributed by atoms with van der Waals surface area (Å²) in [6, 6.07) is 21.5. The number of ether oxygens (including phenoxy) is 1. The van der Waals surface area contributed by atoms with Gasteiger partial charge in [0.15, 0.2) is 0 Å². The first-order valence-corrected chi connectivity index (χ1v) is 15.1. The van der Waals surface area contributed by atoms with Crippen molar-refractivity contribution in [3.05, 3.63) is 119 Å². The summed E-state index contributed by atoms with van der Waals surface area (Å²) in [7, 11) is 0. The number of fused-ring (bicyclic) bond motifs is 2. The normalized spacial score (nSPS) is 13.1. The molecule has 0 spiro atoms. The van der Waals surface area contributed by atoms with Crippen molar-refractivity contribution in [1.29, 1.82) is 0 Å². The van der Waals surface area contributed by atoms with Crippen molar-refractivity contribution in [2.75, 3.05) is 19.8 Å². The Balaban J connectivity index is 0.000000186. The predicted molar refractivity (Wildman–Crippen MR) is 171 cm³/mol. The van der Waals surface area contributed by atoms with Crippen LogP contribution >= 0.6 is 23.2 Å². The number of imidazole rings is 2. The van der Waals surface area contributed by atoms with Crippen LogP contribution in [0.3, 0.4) is 0 Å². The van der Waals surface area contributed by atoms with Gasteiger partial charge < -0.3 is 28.8 Å². The summed E-state index contributed by atoms with van der Waals surface area (Å²) >= 11 is 12.0. The van der Waals surface area contributed by atoms with E-state index in [0.717, 1.165) is 54.2 Å². The molecule has 5 heterocycles. The molecule has 228 valence electrons. The molecule has 2 aromatic carbocycles. The molecule has 46 heavy (non-hydrogen) atoms. The van der Waals surface area contributed by atoms with E-state index < -0.39 is 5.97 Å². The molecule has 6 aromatic rings. The average molecular weight is 665 g/mol. The second-order valence-electron chi connectivity index (χ2n) is 10.7. The zero-order chi connectivity index (χ0) is 31.3. The number of aromatic nitrogens is 4. The fourth-order valence-electron chi connectivity index (χ4n) is 5.10. The Labute approximate surface area is 297 Å². The van der Waals surface area contributed by atoms with Crippen molar-refractivity contribution >= 4 is 46.4 Å². The number of nitrogens with zero attached hydrogens (tertiary/aromatic N) is 4. The summed E-state index contributed by atoms with van der Waals surface area (Å²) in [5.41, 5.74) is 5.40. The third-order valence-electron chi connectivity index (χ3n) is 7.55. The number of hydrogen-bond donors (Lipinski definition) is 1. The number of carboxylic acids is 1. The number of halogens is 2. The first-order chi connectivity index (χ1) is 21.8. The summed E-state index contributed by atoms with van der Waals surface area (Å²) in [6.07, 6.45) is 9.26. The van der Waals surface area contributed by atoms with Crippen molar-refractivity contribution < 1.29 is 49.0 Å². The van der Waals surface area contributed by atoms with E-state index in [0.29, 0.717) is 33.7 Å². The number of carboxylic acid groups (broad SMARTS) is 1. The summed E-state index contributed by atoms with van der Waals surface area (Å²) in [6.45, 7) is 2.26. The van der Waals surface area contributed by atoms with Crippen LogP contribution in [0, 0.1) is 5.92 Å². The number of carbonyl (C=O) groups is 2. The van der Waals surface area contributed by atoms with Gasteiger partial charge in [-0.15, -0.1) is 0 Å². The van der Waals surface area contributed by atoms with Crippen LogP contribution in [0.15, 0.2) is 97.6 Å². The maximum absolute atomic E-state index is 12.5. The second kappa shape index (κ2) is 15.3. The molecule has 4 aromatic heterocycles. The van der Waals surface area contributed by atoms with Crippen LogP contribution in [-0.4, -0.2) is 50.4 Å². The summed E-state index contributed by atoms with van der Waals surface area (Å²) in [5, 5.41) is 15.1. The van der Waals surface area contributed by atoms with Crippen LogP contribution in [0.2, 0.25) is 10.0 Å². The van der Waals surface area contributed by atoms with Crippen LogP contribution in [0.1, 0.15) is 33.6 Å². The van der Waals surface area contributed by atoms with Gasteiger partial charge in [0.1, 0.15) is 11.3 Å². The Hall–Kier alpha value is -3.70. The van der Waals surface area contributed by atoms with Crippen molar-refractivity contribution in [3.8, 4) is 22.5 Å². The molecule has 0 aliphatic carbocycles. The third-order valence-corrected chi connectivity index (χ3v) is 8.02. The van der Waals surface area contributed by atoms with E-state index in [1.54, 1.807) is 16.7 Å². The van der Waals surface area contributed by atoms with Crippen molar-refractivity contribution in [1.82, 2.24) is 24.1 Å². The van der Waals surface area contributed by atoms with Gasteiger partial charge in [0.05, 0.1) is 17.4 Å². The molecular weight excluding hydrogens is 636 g/mol. The molecule has 0 bridgehead atoms. The monoisotopic (exact) mass is 663 g/mol. The molecule has 1 aliphatic rings. The van der Waals surface area contributed by atoms with E-state index in [2.05, 4.69) is 15.3 Å². The van der Waals surface area contributed by atoms with Gasteiger partial charge in [-0.2, -0.15) is 0 Å². The maximum Gasteiger partial charge on any atom is 1.00 e. The van der Waals surface area contributed by atoms with Gasteiger partial charge in [-0.1, -0.05) is 47.5 Å². The average Bonchev–Trinajstić information content (AvgIpc) is 3.68. The van der Waals surface area contributed by atoms with Crippen LogP contribution in [0.25, 0.3) is 33.8 Å². The molecular formula is C34H28Cl2N5NaO4. The molecule has 0 saturated carbocycles. The minimum absolute atomic E-state index is 0. The van der Waals surface area contributed by atoms with Gasteiger partial charge in [0, 0.05) is 76.8 Å². The Morgan fingerprint density at radius 3 is 1.85 bits per heavy atom. The molecule has 12 heteroatoms. The van der Waals surface area contributed by atoms with Gasteiger partial charge in [0.2, 0.25) is 0 Å². The minimum Gasteiger partial charge on any atom is -0.545 e. The summed E-state index contributed by atoms with van der Waals surface area (Å²) in [4.78, 5) is 32.3. The van der Waals surface area contributed by atoms with Gasteiger partial charge in [-0.25, -0.2) is 9.97 Å². The van der Waals surface area contributed by atoms with Crippen LogP contribution in [0.5, 0.6) is 0 Å². The largest absolute Gasteiger partial charge is 1.00 e. The fourth-order valence-corrected chi connectivity index (χ4v) is 5.48. The van der Waals surface area contributed by atoms with Gasteiger partial charge >= 0.3 is 29.6 Å². The predicted octanol–water partition coefficient (Wildman–Crippen LogP) is 2.83. The van der Waals surface area contributed by atoms with Gasteiger partial charge in [0.25, 0.3) is 5.91 Å². The zero-order valence-electron chi connectivity index (χ0n) is 25.0. The Bertz CT molecular complexity index is 2000. The zero-order valence-corrected chi connectivity index (χ0v) is 28.5. The SMILES string of the molecule is O=C(NCC1CCOCC1)c1ccn2cc(-c3cccc(Cl)c3)nc2c1.O=C([O-])c1ccn2cc(-c3cccc(Cl)c3)nc2c1.[Na+]. The molecule has 7 rings (SSSR count). The number of benzene rings is 2. The molecule has 1 aliphatic heterocycles. The standard InChI is InChI=1S/C20H20ClN3O2.C14H9ClN2O2.Na/c21-17-3-1-2-15(10-17)18-13-24-7-4-16(11-19(24)23-18)20(25)22-12-14-5-8-26-9-6-14;15-11-3-1-2-9(6-11)12-8-17-5-4-10(14(18)19)7-13(17)16-12;/h1-4,7,10-11,13-14H,5-6,8-9,12H2,(H,22,25);1-8H,(H,18,19);/q;;+1/p-1. The first kappa shape index (κ1) is 33.7.